The number of rotatable bonds is 67. The van der Waals surface area contributed by atoms with Gasteiger partial charge in [0.2, 0.25) is 0 Å². The van der Waals surface area contributed by atoms with E-state index >= 15 is 0 Å². The molecule has 0 aromatic heterocycles. The molecule has 0 bridgehead atoms. The van der Waals surface area contributed by atoms with Crippen LogP contribution in [0.3, 0.4) is 0 Å². The lowest BCUT2D eigenvalue weighted by Crippen LogP contribution is -2.30. The highest BCUT2D eigenvalue weighted by Gasteiger charge is 2.19. The lowest BCUT2D eigenvalue weighted by molar-refractivity contribution is -0.167. The van der Waals surface area contributed by atoms with Crippen LogP contribution in [0.4, 0.5) is 0 Å². The summed E-state index contributed by atoms with van der Waals surface area (Å²) in [6.45, 7) is 6.71. The lowest BCUT2D eigenvalue weighted by atomic mass is 10.0. The molecule has 1 atom stereocenters. The second-order valence-electron chi connectivity index (χ2n) is 24.5. The van der Waals surface area contributed by atoms with Gasteiger partial charge in [-0.3, -0.25) is 14.4 Å². The van der Waals surface area contributed by atoms with Gasteiger partial charge >= 0.3 is 17.9 Å². The maximum absolute atomic E-state index is 12.9. The Morgan fingerprint density at radius 3 is 0.633 bits per heavy atom. The summed E-state index contributed by atoms with van der Waals surface area (Å²) in [5.74, 6) is -0.844. The molecule has 0 aromatic carbocycles. The van der Waals surface area contributed by atoms with Gasteiger partial charge in [0.15, 0.2) is 6.10 Å². The monoisotopic (exact) mass is 1110 g/mol. The van der Waals surface area contributed by atoms with Crippen LogP contribution in [0.2, 0.25) is 0 Å². The first-order chi connectivity index (χ1) is 39.0. The second kappa shape index (κ2) is 68.4. The molecule has 6 heteroatoms. The smallest absolute Gasteiger partial charge is 0.306 e. The van der Waals surface area contributed by atoms with Crippen LogP contribution in [0.25, 0.3) is 0 Å². The summed E-state index contributed by atoms with van der Waals surface area (Å²) in [6.07, 6.45) is 83.6. The molecule has 0 amide bonds. The Bertz CT molecular complexity index is 1270. The minimum atomic E-state index is -0.772. The van der Waals surface area contributed by atoms with Gasteiger partial charge in [-0.05, 0) is 70.6 Å². The van der Waals surface area contributed by atoms with Crippen molar-refractivity contribution >= 4 is 17.9 Å². The van der Waals surface area contributed by atoms with Crippen LogP contribution >= 0.6 is 0 Å². The molecule has 0 fully saturated rings. The molecule has 79 heavy (non-hydrogen) atoms. The molecule has 0 radical (unpaired) electrons. The van der Waals surface area contributed by atoms with Crippen LogP contribution in [0.15, 0.2) is 24.3 Å². The molecule has 6 nitrogen and oxygen atoms in total. The van der Waals surface area contributed by atoms with Crippen molar-refractivity contribution in [3.63, 3.8) is 0 Å². The molecule has 466 valence electrons. The quantitative estimate of drug-likeness (QED) is 0.0261. The van der Waals surface area contributed by atoms with E-state index in [9.17, 15) is 14.4 Å². The van der Waals surface area contributed by atoms with Crippen molar-refractivity contribution < 1.29 is 28.6 Å². The first kappa shape index (κ1) is 76.9. The number of hydrogen-bond donors (Lipinski definition) is 0. The van der Waals surface area contributed by atoms with Crippen LogP contribution in [-0.4, -0.2) is 37.2 Å². The second-order valence-corrected chi connectivity index (χ2v) is 24.5. The van der Waals surface area contributed by atoms with E-state index in [2.05, 4.69) is 45.1 Å². The van der Waals surface area contributed by atoms with Gasteiger partial charge in [0.1, 0.15) is 13.2 Å². The Morgan fingerprint density at radius 1 is 0.241 bits per heavy atom. The molecule has 0 aliphatic rings. The average Bonchev–Trinajstić information content (AvgIpc) is 3.45. The number of unbranched alkanes of at least 4 members (excludes halogenated alkanes) is 52. The molecular weight excluding hydrogens is 973 g/mol. The normalized spacial score (nSPS) is 12.1. The fourth-order valence-corrected chi connectivity index (χ4v) is 11.0. The van der Waals surface area contributed by atoms with Gasteiger partial charge < -0.3 is 14.2 Å². The van der Waals surface area contributed by atoms with E-state index in [1.54, 1.807) is 0 Å². The third-order valence-electron chi connectivity index (χ3n) is 16.4. The zero-order chi connectivity index (χ0) is 57.1. The molecular formula is C73H138O6. The average molecular weight is 1110 g/mol. The Kier molecular flexibility index (Phi) is 66.6. The Hall–Kier alpha value is -2.11. The SMILES string of the molecule is CCCCCCCCC/C=C\CCCCCCCC(=O)OC(COC(=O)CCCCCCCCCCCCCCCCCC)COC(=O)CCCCCCCCCCCCCCCCCCC/C=C\CCCCCCCCCC. The number of allylic oxidation sites excluding steroid dienone is 4. The summed E-state index contributed by atoms with van der Waals surface area (Å²) >= 11 is 0. The van der Waals surface area contributed by atoms with Crippen molar-refractivity contribution in [2.45, 2.75) is 412 Å². The summed E-state index contributed by atoms with van der Waals surface area (Å²) < 4.78 is 17.0. The van der Waals surface area contributed by atoms with Crippen LogP contribution < -0.4 is 0 Å². The number of carbonyl (C=O) groups is 3. The molecule has 0 rings (SSSR count). The van der Waals surface area contributed by atoms with Gasteiger partial charge in [0, 0.05) is 19.3 Å². The number of ether oxygens (including phenoxy) is 3. The van der Waals surface area contributed by atoms with Crippen molar-refractivity contribution in [2.75, 3.05) is 13.2 Å². The summed E-state index contributed by atoms with van der Waals surface area (Å²) in [4.78, 5) is 38.4. The minimum absolute atomic E-state index is 0.0682. The lowest BCUT2D eigenvalue weighted by Gasteiger charge is -2.18. The zero-order valence-electron chi connectivity index (χ0n) is 53.7. The fraction of sp³-hybridized carbons (Fsp3) is 0.904. The highest BCUT2D eigenvalue weighted by Crippen LogP contribution is 2.19. The maximum Gasteiger partial charge on any atom is 0.306 e. The molecule has 0 saturated carbocycles. The van der Waals surface area contributed by atoms with Crippen molar-refractivity contribution in [2.24, 2.45) is 0 Å². The molecule has 1 unspecified atom stereocenters. The third kappa shape index (κ3) is 66.6. The van der Waals surface area contributed by atoms with Crippen LogP contribution in [0.5, 0.6) is 0 Å². The predicted molar refractivity (Wildman–Crippen MR) is 344 cm³/mol. The summed E-state index contributed by atoms with van der Waals surface area (Å²) in [5, 5.41) is 0. The molecule has 0 spiro atoms. The van der Waals surface area contributed by atoms with E-state index in [0.717, 1.165) is 64.2 Å². The minimum Gasteiger partial charge on any atom is -0.462 e. The maximum atomic E-state index is 12.9. The van der Waals surface area contributed by atoms with Crippen LogP contribution in [0.1, 0.15) is 406 Å². The Balaban J connectivity index is 4.19. The van der Waals surface area contributed by atoms with Gasteiger partial charge in [0.25, 0.3) is 0 Å². The van der Waals surface area contributed by atoms with Crippen molar-refractivity contribution in [1.82, 2.24) is 0 Å². The molecule has 0 aromatic rings. The van der Waals surface area contributed by atoms with Crippen LogP contribution in [-0.2, 0) is 28.6 Å². The highest BCUT2D eigenvalue weighted by molar-refractivity contribution is 5.71. The topological polar surface area (TPSA) is 78.9 Å². The van der Waals surface area contributed by atoms with E-state index in [-0.39, 0.29) is 31.1 Å². The summed E-state index contributed by atoms with van der Waals surface area (Å²) in [5.41, 5.74) is 0. The van der Waals surface area contributed by atoms with Gasteiger partial charge in [-0.25, -0.2) is 0 Å². The largest absolute Gasteiger partial charge is 0.462 e. The molecule has 0 N–H and O–H groups in total. The van der Waals surface area contributed by atoms with Crippen molar-refractivity contribution in [3.05, 3.63) is 24.3 Å². The molecule has 0 aliphatic heterocycles. The van der Waals surface area contributed by atoms with E-state index in [1.165, 1.54) is 302 Å². The van der Waals surface area contributed by atoms with E-state index in [4.69, 9.17) is 14.2 Å². The predicted octanol–water partition coefficient (Wildman–Crippen LogP) is 24.6. The number of esters is 3. The van der Waals surface area contributed by atoms with E-state index in [0.29, 0.717) is 19.3 Å². The van der Waals surface area contributed by atoms with Crippen molar-refractivity contribution in [1.29, 1.82) is 0 Å². The van der Waals surface area contributed by atoms with E-state index < -0.39 is 6.10 Å². The fourth-order valence-electron chi connectivity index (χ4n) is 11.0. The number of hydrogen-bond acceptors (Lipinski definition) is 6. The van der Waals surface area contributed by atoms with Gasteiger partial charge in [-0.15, -0.1) is 0 Å². The van der Waals surface area contributed by atoms with Crippen LogP contribution in [0, 0.1) is 0 Å². The van der Waals surface area contributed by atoms with E-state index in [1.807, 2.05) is 0 Å². The van der Waals surface area contributed by atoms with Gasteiger partial charge in [-0.1, -0.05) is 340 Å². The molecule has 0 heterocycles. The standard InChI is InChI=1S/C73H138O6/c1-4-7-10-13-16-19-22-25-28-31-32-33-34-35-36-37-38-39-40-41-42-43-46-48-51-54-57-60-63-66-72(75)78-69-70(79-73(76)67-64-61-58-55-52-49-45-30-27-24-21-18-15-12-9-6-3)68-77-71(74)65-62-59-56-53-50-47-44-29-26-23-20-17-14-11-8-5-2/h30-32,45,70H,4-29,33-44,46-69H2,1-3H3/b32-31-,45-30-. The summed E-state index contributed by atoms with van der Waals surface area (Å²) in [6, 6.07) is 0. The molecule has 0 saturated heterocycles. The molecule has 0 aliphatic carbocycles. The van der Waals surface area contributed by atoms with Crippen molar-refractivity contribution in [3.8, 4) is 0 Å². The first-order valence-corrected chi connectivity index (χ1v) is 35.8. The summed E-state index contributed by atoms with van der Waals surface area (Å²) in [7, 11) is 0. The number of carbonyl (C=O) groups excluding carboxylic acids is 3. The van der Waals surface area contributed by atoms with Gasteiger partial charge in [0.05, 0.1) is 0 Å². The zero-order valence-corrected chi connectivity index (χ0v) is 53.7. The Labute approximate surface area is 493 Å². The highest BCUT2D eigenvalue weighted by atomic mass is 16.6. The Morgan fingerprint density at radius 2 is 0.418 bits per heavy atom. The first-order valence-electron chi connectivity index (χ1n) is 35.8. The third-order valence-corrected chi connectivity index (χ3v) is 16.4. The van der Waals surface area contributed by atoms with Gasteiger partial charge in [-0.2, -0.15) is 0 Å².